The number of fused-ring (bicyclic) bond motifs is 1. The number of imidazole rings is 1. The van der Waals surface area contributed by atoms with Crippen LogP contribution in [0.5, 0.6) is 0 Å². The van der Waals surface area contributed by atoms with Gasteiger partial charge >= 0.3 is 5.97 Å². The molecule has 1 saturated carbocycles. The average molecular weight is 259 g/mol. The molecule has 0 radical (unpaired) electrons. The quantitative estimate of drug-likeness (QED) is 0.919. The summed E-state index contributed by atoms with van der Waals surface area (Å²) in [5.41, 5.74) is 2.63. The van der Waals surface area contributed by atoms with E-state index in [0.717, 1.165) is 5.65 Å². The number of rotatable bonds is 3. The predicted molar refractivity (Wildman–Crippen MR) is 70.2 cm³/mol. The van der Waals surface area contributed by atoms with E-state index in [-0.39, 0.29) is 6.42 Å². The highest BCUT2D eigenvalue weighted by molar-refractivity contribution is 5.70. The van der Waals surface area contributed by atoms with Crippen LogP contribution >= 0.6 is 0 Å². The molecule has 0 spiro atoms. The first-order chi connectivity index (χ1) is 9.24. The van der Waals surface area contributed by atoms with Crippen LogP contribution in [0.1, 0.15) is 49.3 Å². The molecule has 5 nitrogen and oxygen atoms in total. The van der Waals surface area contributed by atoms with E-state index in [1.807, 2.05) is 10.6 Å². The van der Waals surface area contributed by atoms with E-state index in [1.165, 1.54) is 37.7 Å². The standard InChI is InChI=1S/C14H17N3O2/c18-13(19)6-11-8-17-9-15-7-12(14(17)16-11)10-4-2-1-3-5-10/h7-10H,1-6H2,(H,18,19). The maximum Gasteiger partial charge on any atom is 0.309 e. The lowest BCUT2D eigenvalue weighted by Gasteiger charge is -2.21. The largest absolute Gasteiger partial charge is 0.481 e. The Bertz CT molecular complexity index is 600. The lowest BCUT2D eigenvalue weighted by molar-refractivity contribution is -0.136. The highest BCUT2D eigenvalue weighted by Gasteiger charge is 2.20. The molecule has 2 aromatic rings. The molecule has 0 atom stereocenters. The fourth-order valence-corrected chi connectivity index (χ4v) is 2.93. The second kappa shape index (κ2) is 4.99. The summed E-state index contributed by atoms with van der Waals surface area (Å²) in [6, 6.07) is 0. The fraction of sp³-hybridized carbons (Fsp3) is 0.500. The second-order valence-corrected chi connectivity index (χ2v) is 5.22. The summed E-state index contributed by atoms with van der Waals surface area (Å²) in [5, 5.41) is 8.85. The van der Waals surface area contributed by atoms with Crippen LogP contribution in [-0.4, -0.2) is 25.4 Å². The average Bonchev–Trinajstić information content (AvgIpc) is 2.80. The lowest BCUT2D eigenvalue weighted by atomic mass is 9.85. The van der Waals surface area contributed by atoms with E-state index in [2.05, 4.69) is 9.97 Å². The van der Waals surface area contributed by atoms with Crippen molar-refractivity contribution >= 4 is 11.6 Å². The number of aliphatic carboxylic acids is 1. The van der Waals surface area contributed by atoms with Gasteiger partial charge in [0.25, 0.3) is 0 Å². The highest BCUT2D eigenvalue weighted by atomic mass is 16.4. The number of carboxylic acids is 1. The first-order valence-corrected chi connectivity index (χ1v) is 6.77. The molecular formula is C14H17N3O2. The zero-order valence-electron chi connectivity index (χ0n) is 10.7. The molecular weight excluding hydrogens is 242 g/mol. The monoisotopic (exact) mass is 259 g/mol. The van der Waals surface area contributed by atoms with Crippen molar-refractivity contribution in [2.45, 2.75) is 44.4 Å². The molecule has 1 aliphatic carbocycles. The molecule has 1 fully saturated rings. The molecule has 0 unspecified atom stereocenters. The molecule has 0 saturated heterocycles. The van der Waals surface area contributed by atoms with Gasteiger partial charge in [-0.05, 0) is 18.8 Å². The molecule has 100 valence electrons. The maximum absolute atomic E-state index is 10.8. The normalized spacial score (nSPS) is 16.8. The van der Waals surface area contributed by atoms with Gasteiger partial charge in [-0.3, -0.25) is 9.20 Å². The Balaban J connectivity index is 1.99. The van der Waals surface area contributed by atoms with Crippen LogP contribution in [0.2, 0.25) is 0 Å². The van der Waals surface area contributed by atoms with Crippen molar-refractivity contribution in [3.8, 4) is 0 Å². The van der Waals surface area contributed by atoms with Crippen molar-refractivity contribution in [2.24, 2.45) is 0 Å². The van der Waals surface area contributed by atoms with E-state index in [1.54, 1.807) is 12.5 Å². The summed E-state index contributed by atoms with van der Waals surface area (Å²) in [7, 11) is 0. The van der Waals surface area contributed by atoms with Gasteiger partial charge in [0.2, 0.25) is 0 Å². The summed E-state index contributed by atoms with van der Waals surface area (Å²) >= 11 is 0. The summed E-state index contributed by atoms with van der Waals surface area (Å²) in [4.78, 5) is 19.5. The first-order valence-electron chi connectivity index (χ1n) is 6.77. The zero-order chi connectivity index (χ0) is 13.2. The van der Waals surface area contributed by atoms with E-state index in [4.69, 9.17) is 5.11 Å². The minimum Gasteiger partial charge on any atom is -0.481 e. The van der Waals surface area contributed by atoms with Crippen LogP contribution in [0, 0.1) is 0 Å². The number of aromatic nitrogens is 3. The molecule has 1 N–H and O–H groups in total. The summed E-state index contributed by atoms with van der Waals surface area (Å²) in [5.74, 6) is -0.333. The van der Waals surface area contributed by atoms with Gasteiger partial charge in [-0.25, -0.2) is 9.97 Å². The van der Waals surface area contributed by atoms with Crippen molar-refractivity contribution in [1.29, 1.82) is 0 Å². The Labute approximate surface area is 111 Å². The Morgan fingerprint density at radius 2 is 2.16 bits per heavy atom. The van der Waals surface area contributed by atoms with Gasteiger partial charge in [-0.15, -0.1) is 0 Å². The van der Waals surface area contributed by atoms with Crippen LogP contribution in [0.4, 0.5) is 0 Å². The van der Waals surface area contributed by atoms with Crippen molar-refractivity contribution in [1.82, 2.24) is 14.4 Å². The van der Waals surface area contributed by atoms with Crippen LogP contribution in [0.25, 0.3) is 5.65 Å². The van der Waals surface area contributed by atoms with Gasteiger partial charge in [0.1, 0.15) is 12.0 Å². The molecule has 2 aromatic heterocycles. The van der Waals surface area contributed by atoms with E-state index in [9.17, 15) is 4.79 Å². The van der Waals surface area contributed by atoms with Crippen molar-refractivity contribution in [3.63, 3.8) is 0 Å². The van der Waals surface area contributed by atoms with Crippen LogP contribution in [0.15, 0.2) is 18.7 Å². The summed E-state index contributed by atoms with van der Waals surface area (Å²) in [6.07, 6.45) is 11.5. The Kier molecular flexibility index (Phi) is 3.19. The number of carboxylic acid groups (broad SMARTS) is 1. The van der Waals surface area contributed by atoms with Crippen molar-refractivity contribution in [2.75, 3.05) is 0 Å². The Morgan fingerprint density at radius 3 is 2.89 bits per heavy atom. The molecule has 0 aromatic carbocycles. The third kappa shape index (κ3) is 2.45. The van der Waals surface area contributed by atoms with E-state index < -0.39 is 5.97 Å². The smallest absolute Gasteiger partial charge is 0.309 e. The van der Waals surface area contributed by atoms with Crippen molar-refractivity contribution in [3.05, 3.63) is 30.0 Å². The van der Waals surface area contributed by atoms with Gasteiger partial charge in [-0.2, -0.15) is 0 Å². The third-order valence-electron chi connectivity index (χ3n) is 3.82. The fourth-order valence-electron chi connectivity index (χ4n) is 2.93. The number of hydrogen-bond acceptors (Lipinski definition) is 3. The van der Waals surface area contributed by atoms with E-state index >= 15 is 0 Å². The van der Waals surface area contributed by atoms with Crippen LogP contribution < -0.4 is 0 Å². The number of carbonyl (C=O) groups is 1. The Hall–Kier alpha value is -1.91. The molecule has 0 amide bonds. The molecule has 0 bridgehead atoms. The summed E-state index contributed by atoms with van der Waals surface area (Å²) < 4.78 is 1.85. The molecule has 2 heterocycles. The van der Waals surface area contributed by atoms with Crippen LogP contribution in [0.3, 0.4) is 0 Å². The molecule has 19 heavy (non-hydrogen) atoms. The first kappa shape index (κ1) is 12.1. The second-order valence-electron chi connectivity index (χ2n) is 5.22. The van der Waals surface area contributed by atoms with Crippen molar-refractivity contribution < 1.29 is 9.90 Å². The topological polar surface area (TPSA) is 67.5 Å². The van der Waals surface area contributed by atoms with Gasteiger partial charge in [0.15, 0.2) is 0 Å². The van der Waals surface area contributed by atoms with Gasteiger partial charge < -0.3 is 5.11 Å². The molecule has 5 heteroatoms. The zero-order valence-corrected chi connectivity index (χ0v) is 10.7. The minimum atomic E-state index is -0.851. The van der Waals surface area contributed by atoms with Gasteiger partial charge in [0.05, 0.1) is 12.1 Å². The molecule has 3 rings (SSSR count). The Morgan fingerprint density at radius 1 is 1.37 bits per heavy atom. The van der Waals surface area contributed by atoms with E-state index in [0.29, 0.717) is 11.6 Å². The minimum absolute atomic E-state index is 0.0359. The molecule has 0 aliphatic heterocycles. The number of nitrogens with zero attached hydrogens (tertiary/aromatic N) is 3. The molecule has 1 aliphatic rings. The van der Waals surface area contributed by atoms with Gasteiger partial charge in [0, 0.05) is 18.0 Å². The summed E-state index contributed by atoms with van der Waals surface area (Å²) in [6.45, 7) is 0. The predicted octanol–water partition coefficient (Wildman–Crippen LogP) is 2.40. The number of hydrogen-bond donors (Lipinski definition) is 1. The van der Waals surface area contributed by atoms with Gasteiger partial charge in [-0.1, -0.05) is 19.3 Å². The SMILES string of the molecule is O=C(O)Cc1cn2cncc(C3CCCCC3)c2n1. The lowest BCUT2D eigenvalue weighted by Crippen LogP contribution is -2.07. The maximum atomic E-state index is 10.8. The third-order valence-corrected chi connectivity index (χ3v) is 3.82. The highest BCUT2D eigenvalue weighted by Crippen LogP contribution is 2.33. The van der Waals surface area contributed by atoms with Crippen LogP contribution in [-0.2, 0) is 11.2 Å².